The number of anilines is 1. The van der Waals surface area contributed by atoms with Gasteiger partial charge in [0, 0.05) is 25.2 Å². The topological polar surface area (TPSA) is 49.2 Å². The van der Waals surface area contributed by atoms with E-state index in [0.29, 0.717) is 17.2 Å². The minimum absolute atomic E-state index is 0.145. The summed E-state index contributed by atoms with van der Waals surface area (Å²) in [5.74, 6) is 0.443. The molecule has 21 heavy (non-hydrogen) atoms. The lowest BCUT2D eigenvalue weighted by Gasteiger charge is -2.19. The van der Waals surface area contributed by atoms with E-state index in [-0.39, 0.29) is 18.3 Å². The second kappa shape index (κ2) is 6.18. The number of benzene rings is 1. The van der Waals surface area contributed by atoms with Gasteiger partial charge in [0.25, 0.3) is 0 Å². The lowest BCUT2D eigenvalue weighted by atomic mass is 9.99. The summed E-state index contributed by atoms with van der Waals surface area (Å²) < 4.78 is 13.1. The Bertz CT molecular complexity index is 624. The SMILES string of the molecule is CC(C)c1nc(N(C)C)nc(-c2ccc(F)cc2)c1CO. The number of hydrogen-bond acceptors (Lipinski definition) is 4. The van der Waals surface area contributed by atoms with Crippen LogP contribution in [-0.4, -0.2) is 29.2 Å². The van der Waals surface area contributed by atoms with E-state index in [1.165, 1.54) is 12.1 Å². The lowest BCUT2D eigenvalue weighted by molar-refractivity contribution is 0.279. The van der Waals surface area contributed by atoms with Gasteiger partial charge in [-0.15, -0.1) is 0 Å². The highest BCUT2D eigenvalue weighted by atomic mass is 19.1. The number of aromatic nitrogens is 2. The normalized spacial score (nSPS) is 11.0. The van der Waals surface area contributed by atoms with Crippen molar-refractivity contribution < 1.29 is 9.50 Å². The molecule has 0 spiro atoms. The summed E-state index contributed by atoms with van der Waals surface area (Å²) >= 11 is 0. The van der Waals surface area contributed by atoms with Crippen LogP contribution in [0.1, 0.15) is 31.0 Å². The van der Waals surface area contributed by atoms with Crippen molar-refractivity contribution >= 4 is 5.95 Å². The quantitative estimate of drug-likeness (QED) is 0.940. The molecule has 0 aliphatic carbocycles. The minimum Gasteiger partial charge on any atom is -0.392 e. The van der Waals surface area contributed by atoms with Gasteiger partial charge in [-0.1, -0.05) is 13.8 Å². The third-order valence-electron chi connectivity index (χ3n) is 3.25. The molecule has 0 unspecified atom stereocenters. The van der Waals surface area contributed by atoms with Crippen molar-refractivity contribution in [1.82, 2.24) is 9.97 Å². The first-order valence-corrected chi connectivity index (χ1v) is 6.89. The van der Waals surface area contributed by atoms with Gasteiger partial charge < -0.3 is 10.0 Å². The van der Waals surface area contributed by atoms with Gasteiger partial charge in [0.15, 0.2) is 0 Å². The van der Waals surface area contributed by atoms with Gasteiger partial charge >= 0.3 is 0 Å². The van der Waals surface area contributed by atoms with Crippen molar-refractivity contribution in [2.75, 3.05) is 19.0 Å². The van der Waals surface area contributed by atoms with Gasteiger partial charge in [0.1, 0.15) is 5.82 Å². The van der Waals surface area contributed by atoms with Crippen LogP contribution in [0.3, 0.4) is 0 Å². The van der Waals surface area contributed by atoms with Crippen LogP contribution in [-0.2, 0) is 6.61 Å². The molecule has 1 aromatic heterocycles. The Morgan fingerprint density at radius 3 is 2.24 bits per heavy atom. The molecule has 0 aliphatic rings. The fourth-order valence-electron chi connectivity index (χ4n) is 2.17. The molecule has 0 aliphatic heterocycles. The molecule has 2 rings (SSSR count). The molecule has 0 amide bonds. The number of hydrogen-bond donors (Lipinski definition) is 1. The molecule has 0 radical (unpaired) electrons. The molecule has 112 valence electrons. The highest BCUT2D eigenvalue weighted by Gasteiger charge is 2.18. The van der Waals surface area contributed by atoms with E-state index < -0.39 is 0 Å². The second-order valence-electron chi connectivity index (χ2n) is 5.45. The van der Waals surface area contributed by atoms with Crippen LogP contribution in [0.5, 0.6) is 0 Å². The Morgan fingerprint density at radius 1 is 1.14 bits per heavy atom. The van der Waals surface area contributed by atoms with E-state index in [4.69, 9.17) is 0 Å². The zero-order chi connectivity index (χ0) is 15.6. The standard InChI is InChI=1S/C16H20FN3O/c1-10(2)14-13(9-21)15(19-16(18-14)20(3)4)11-5-7-12(17)8-6-11/h5-8,10,21H,9H2,1-4H3. The van der Waals surface area contributed by atoms with Crippen LogP contribution in [0.2, 0.25) is 0 Å². The van der Waals surface area contributed by atoms with E-state index in [2.05, 4.69) is 9.97 Å². The van der Waals surface area contributed by atoms with Crippen molar-refractivity contribution in [3.8, 4) is 11.3 Å². The summed E-state index contributed by atoms with van der Waals surface area (Å²) in [4.78, 5) is 10.9. The Labute approximate surface area is 124 Å². The highest BCUT2D eigenvalue weighted by Crippen LogP contribution is 2.29. The monoisotopic (exact) mass is 289 g/mol. The second-order valence-corrected chi connectivity index (χ2v) is 5.45. The van der Waals surface area contributed by atoms with E-state index in [1.807, 2.05) is 32.8 Å². The van der Waals surface area contributed by atoms with E-state index in [9.17, 15) is 9.50 Å². The van der Waals surface area contributed by atoms with Crippen LogP contribution >= 0.6 is 0 Å². The predicted octanol–water partition coefficient (Wildman–Crippen LogP) is 2.96. The maximum atomic E-state index is 13.1. The maximum Gasteiger partial charge on any atom is 0.225 e. The highest BCUT2D eigenvalue weighted by molar-refractivity contribution is 5.65. The summed E-state index contributed by atoms with van der Waals surface area (Å²) in [6.45, 7) is 3.90. The number of rotatable bonds is 4. The fourth-order valence-corrected chi connectivity index (χ4v) is 2.17. The first-order valence-electron chi connectivity index (χ1n) is 6.89. The average Bonchev–Trinajstić information content (AvgIpc) is 2.46. The van der Waals surface area contributed by atoms with E-state index in [0.717, 1.165) is 11.3 Å². The van der Waals surface area contributed by atoms with Crippen molar-refractivity contribution in [1.29, 1.82) is 0 Å². The first-order chi connectivity index (χ1) is 9.93. The molecule has 0 bridgehead atoms. The Hall–Kier alpha value is -2.01. The van der Waals surface area contributed by atoms with Gasteiger partial charge in [-0.25, -0.2) is 14.4 Å². The third-order valence-corrected chi connectivity index (χ3v) is 3.25. The summed E-state index contributed by atoms with van der Waals surface area (Å²) in [5, 5.41) is 9.73. The van der Waals surface area contributed by atoms with Gasteiger partial charge in [0.05, 0.1) is 18.0 Å². The molecule has 0 saturated carbocycles. The average molecular weight is 289 g/mol. The number of nitrogens with zero attached hydrogens (tertiary/aromatic N) is 3. The number of aliphatic hydroxyl groups excluding tert-OH is 1. The molecule has 1 heterocycles. The minimum atomic E-state index is -0.296. The van der Waals surface area contributed by atoms with Crippen LogP contribution in [0, 0.1) is 5.82 Å². The number of halogens is 1. The molecule has 0 fully saturated rings. The molecule has 0 saturated heterocycles. The third kappa shape index (κ3) is 3.19. The van der Waals surface area contributed by atoms with Crippen molar-refractivity contribution in [2.45, 2.75) is 26.4 Å². The molecule has 0 atom stereocenters. The van der Waals surface area contributed by atoms with Gasteiger partial charge in [0.2, 0.25) is 5.95 Å². The fraction of sp³-hybridized carbons (Fsp3) is 0.375. The van der Waals surface area contributed by atoms with Gasteiger partial charge in [-0.05, 0) is 30.2 Å². The van der Waals surface area contributed by atoms with Crippen LogP contribution in [0.25, 0.3) is 11.3 Å². The number of aliphatic hydroxyl groups is 1. The smallest absolute Gasteiger partial charge is 0.225 e. The first kappa shape index (κ1) is 15.4. The van der Waals surface area contributed by atoms with Crippen LogP contribution in [0.4, 0.5) is 10.3 Å². The van der Waals surface area contributed by atoms with E-state index in [1.54, 1.807) is 12.1 Å². The van der Waals surface area contributed by atoms with Crippen LogP contribution in [0.15, 0.2) is 24.3 Å². The Morgan fingerprint density at radius 2 is 1.76 bits per heavy atom. The molecular formula is C16H20FN3O. The lowest BCUT2D eigenvalue weighted by Crippen LogP contribution is -2.16. The van der Waals surface area contributed by atoms with Gasteiger partial charge in [-0.2, -0.15) is 0 Å². The maximum absolute atomic E-state index is 13.1. The summed E-state index contributed by atoms with van der Waals surface area (Å²) in [6.07, 6.45) is 0. The molecule has 2 aromatic rings. The Balaban J connectivity index is 2.69. The van der Waals surface area contributed by atoms with E-state index >= 15 is 0 Å². The summed E-state index contributed by atoms with van der Waals surface area (Å²) in [7, 11) is 3.74. The predicted molar refractivity (Wildman–Crippen MR) is 81.8 cm³/mol. The largest absolute Gasteiger partial charge is 0.392 e. The van der Waals surface area contributed by atoms with Crippen molar-refractivity contribution in [3.63, 3.8) is 0 Å². The molecule has 5 heteroatoms. The summed E-state index contributed by atoms with van der Waals surface area (Å²) in [6, 6.07) is 6.12. The van der Waals surface area contributed by atoms with Crippen LogP contribution < -0.4 is 4.90 Å². The molecule has 1 aromatic carbocycles. The molecule has 4 nitrogen and oxygen atoms in total. The zero-order valence-corrected chi connectivity index (χ0v) is 12.8. The molecule has 1 N–H and O–H groups in total. The molecular weight excluding hydrogens is 269 g/mol. The Kier molecular flexibility index (Phi) is 4.53. The van der Waals surface area contributed by atoms with Crippen molar-refractivity contribution in [3.05, 3.63) is 41.3 Å². The van der Waals surface area contributed by atoms with Gasteiger partial charge in [-0.3, -0.25) is 0 Å². The van der Waals surface area contributed by atoms with Crippen molar-refractivity contribution in [2.24, 2.45) is 0 Å². The zero-order valence-electron chi connectivity index (χ0n) is 12.8. The summed E-state index contributed by atoms with van der Waals surface area (Å²) in [5.41, 5.74) is 2.94.